The van der Waals surface area contributed by atoms with Crippen molar-refractivity contribution in [1.82, 2.24) is 9.97 Å². The number of hydrogen-bond donors (Lipinski definition) is 2. The second kappa shape index (κ2) is 9.04. The molecule has 3 aromatic rings. The maximum absolute atomic E-state index is 12.4. The summed E-state index contributed by atoms with van der Waals surface area (Å²) in [7, 11) is -3.54. The van der Waals surface area contributed by atoms with E-state index in [4.69, 9.17) is 0 Å². The molecule has 3 rings (SSSR count). The molecule has 0 aliphatic carbocycles. The molecule has 156 valence electrons. The van der Waals surface area contributed by atoms with Crippen LogP contribution in [0.15, 0.2) is 64.3 Å². The SMILES string of the molecule is CCc1cc(=O)[nH]c(-c2cccc(NC(=O)CCS(=O)(=O)c3ccc(C)cc3)c2)n1. The Kier molecular flexibility index (Phi) is 6.47. The highest BCUT2D eigenvalue weighted by molar-refractivity contribution is 7.91. The lowest BCUT2D eigenvalue weighted by molar-refractivity contribution is -0.115. The number of benzene rings is 2. The fourth-order valence-corrected chi connectivity index (χ4v) is 4.12. The van der Waals surface area contributed by atoms with Gasteiger partial charge in [-0.25, -0.2) is 13.4 Å². The van der Waals surface area contributed by atoms with Gasteiger partial charge in [0.05, 0.1) is 10.6 Å². The van der Waals surface area contributed by atoms with Crippen molar-refractivity contribution in [1.29, 1.82) is 0 Å². The Morgan fingerprint density at radius 2 is 1.83 bits per heavy atom. The lowest BCUT2D eigenvalue weighted by Crippen LogP contribution is -2.17. The molecule has 1 aromatic heterocycles. The van der Waals surface area contributed by atoms with Gasteiger partial charge >= 0.3 is 0 Å². The number of H-pyrrole nitrogens is 1. The van der Waals surface area contributed by atoms with Crippen LogP contribution in [-0.2, 0) is 21.1 Å². The molecule has 0 saturated heterocycles. The van der Waals surface area contributed by atoms with E-state index in [1.165, 1.54) is 6.07 Å². The molecule has 0 unspecified atom stereocenters. The van der Waals surface area contributed by atoms with Gasteiger partial charge in [-0.1, -0.05) is 36.8 Å². The highest BCUT2D eigenvalue weighted by atomic mass is 32.2. The molecule has 0 saturated carbocycles. The van der Waals surface area contributed by atoms with Crippen LogP contribution in [0.3, 0.4) is 0 Å². The van der Waals surface area contributed by atoms with Crippen LogP contribution in [0.25, 0.3) is 11.4 Å². The minimum atomic E-state index is -3.54. The standard InChI is InChI=1S/C22H23N3O4S/c1-3-17-14-21(27)25-22(24-17)16-5-4-6-18(13-16)23-20(26)11-12-30(28,29)19-9-7-15(2)8-10-19/h4-10,13-14H,3,11-12H2,1-2H3,(H,23,26)(H,24,25,27). The molecule has 1 heterocycles. The Morgan fingerprint density at radius 1 is 1.10 bits per heavy atom. The van der Waals surface area contributed by atoms with Crippen molar-refractivity contribution in [2.45, 2.75) is 31.6 Å². The molecule has 0 radical (unpaired) electrons. The van der Waals surface area contributed by atoms with Gasteiger partial charge in [-0.15, -0.1) is 0 Å². The van der Waals surface area contributed by atoms with Gasteiger partial charge < -0.3 is 10.3 Å². The maximum atomic E-state index is 12.4. The number of sulfone groups is 1. The Bertz CT molecular complexity index is 1220. The Balaban J connectivity index is 1.69. The molecule has 0 fully saturated rings. The van der Waals surface area contributed by atoms with Crippen molar-refractivity contribution in [3.05, 3.63) is 76.2 Å². The summed E-state index contributed by atoms with van der Waals surface area (Å²) in [6, 6.07) is 14.9. The number of carbonyl (C=O) groups excluding carboxylic acids is 1. The van der Waals surface area contributed by atoms with Crippen molar-refractivity contribution < 1.29 is 13.2 Å². The molecule has 0 bridgehead atoms. The second-order valence-corrected chi connectivity index (χ2v) is 9.06. The van der Waals surface area contributed by atoms with Crippen LogP contribution in [0.5, 0.6) is 0 Å². The first kappa shape index (κ1) is 21.4. The summed E-state index contributed by atoms with van der Waals surface area (Å²) in [5.41, 5.74) is 2.53. The van der Waals surface area contributed by atoms with Crippen LogP contribution < -0.4 is 10.9 Å². The summed E-state index contributed by atoms with van der Waals surface area (Å²) in [6.45, 7) is 3.79. The smallest absolute Gasteiger partial charge is 0.251 e. The highest BCUT2D eigenvalue weighted by Gasteiger charge is 2.16. The first-order chi connectivity index (χ1) is 14.3. The molecule has 30 heavy (non-hydrogen) atoms. The third-order valence-electron chi connectivity index (χ3n) is 4.55. The van der Waals surface area contributed by atoms with E-state index in [1.807, 2.05) is 13.8 Å². The third-order valence-corrected chi connectivity index (χ3v) is 6.29. The van der Waals surface area contributed by atoms with E-state index in [1.54, 1.807) is 48.5 Å². The summed E-state index contributed by atoms with van der Waals surface area (Å²) < 4.78 is 24.8. The van der Waals surface area contributed by atoms with Crippen LogP contribution in [0.4, 0.5) is 5.69 Å². The van der Waals surface area contributed by atoms with Crippen LogP contribution >= 0.6 is 0 Å². The largest absolute Gasteiger partial charge is 0.326 e. The number of amides is 1. The number of carbonyl (C=O) groups is 1. The highest BCUT2D eigenvalue weighted by Crippen LogP contribution is 2.19. The molecule has 7 nitrogen and oxygen atoms in total. The number of aromatic amines is 1. The molecule has 1 amide bonds. The average molecular weight is 426 g/mol. The summed E-state index contributed by atoms with van der Waals surface area (Å²) in [4.78, 5) is 31.4. The predicted molar refractivity (Wildman–Crippen MR) is 116 cm³/mol. The molecular weight excluding hydrogens is 402 g/mol. The number of hydrogen-bond acceptors (Lipinski definition) is 5. The lowest BCUT2D eigenvalue weighted by atomic mass is 10.1. The fourth-order valence-electron chi connectivity index (χ4n) is 2.88. The quantitative estimate of drug-likeness (QED) is 0.605. The minimum Gasteiger partial charge on any atom is -0.326 e. The van der Waals surface area contributed by atoms with Crippen LogP contribution in [0.1, 0.15) is 24.6 Å². The van der Waals surface area contributed by atoms with E-state index in [0.29, 0.717) is 29.2 Å². The zero-order chi connectivity index (χ0) is 21.7. The minimum absolute atomic E-state index is 0.166. The number of nitrogens with one attached hydrogen (secondary N) is 2. The molecular formula is C22H23N3O4S. The number of aromatic nitrogens is 2. The lowest BCUT2D eigenvalue weighted by Gasteiger charge is -2.09. The van der Waals surface area contributed by atoms with Gasteiger partial charge in [0.15, 0.2) is 9.84 Å². The van der Waals surface area contributed by atoms with Gasteiger partial charge in [0.1, 0.15) is 5.82 Å². The molecule has 2 N–H and O–H groups in total. The Labute approximate surface area is 175 Å². The summed E-state index contributed by atoms with van der Waals surface area (Å²) in [6.07, 6.45) is 0.462. The van der Waals surface area contributed by atoms with Crippen molar-refractivity contribution >= 4 is 21.4 Å². The number of nitrogens with zero attached hydrogens (tertiary/aromatic N) is 1. The van der Waals surface area contributed by atoms with Crippen molar-refractivity contribution in [3.63, 3.8) is 0 Å². The second-order valence-electron chi connectivity index (χ2n) is 6.95. The van der Waals surface area contributed by atoms with Crippen molar-refractivity contribution in [2.24, 2.45) is 0 Å². The molecule has 0 aliphatic heterocycles. The van der Waals surface area contributed by atoms with Gasteiger partial charge in [0.2, 0.25) is 5.91 Å². The summed E-state index contributed by atoms with van der Waals surface area (Å²) in [5, 5.41) is 2.71. The average Bonchev–Trinajstić information content (AvgIpc) is 2.72. The summed E-state index contributed by atoms with van der Waals surface area (Å²) >= 11 is 0. The maximum Gasteiger partial charge on any atom is 0.251 e. The molecule has 0 atom stereocenters. The summed E-state index contributed by atoms with van der Waals surface area (Å²) in [5.74, 6) is -0.279. The van der Waals surface area contributed by atoms with Gasteiger partial charge in [0.25, 0.3) is 5.56 Å². The molecule has 0 aliphatic rings. The van der Waals surface area contributed by atoms with Gasteiger partial charge in [0, 0.05) is 29.4 Å². The number of rotatable bonds is 7. The monoisotopic (exact) mass is 425 g/mol. The topological polar surface area (TPSA) is 109 Å². The van der Waals surface area contributed by atoms with E-state index in [0.717, 1.165) is 5.56 Å². The van der Waals surface area contributed by atoms with E-state index >= 15 is 0 Å². The normalized spacial score (nSPS) is 11.3. The first-order valence-corrected chi connectivity index (χ1v) is 11.2. The Hall–Kier alpha value is -3.26. The van der Waals surface area contributed by atoms with E-state index in [-0.39, 0.29) is 22.6 Å². The first-order valence-electron chi connectivity index (χ1n) is 9.57. The number of aryl methyl sites for hydroxylation is 2. The van der Waals surface area contributed by atoms with Crippen LogP contribution in [0, 0.1) is 6.92 Å². The zero-order valence-electron chi connectivity index (χ0n) is 16.8. The molecule has 2 aromatic carbocycles. The molecule has 0 spiro atoms. The third kappa shape index (κ3) is 5.42. The predicted octanol–water partition coefficient (Wildman–Crippen LogP) is 3.11. The van der Waals surface area contributed by atoms with E-state index < -0.39 is 15.7 Å². The molecule has 8 heteroatoms. The van der Waals surface area contributed by atoms with Crippen molar-refractivity contribution in [3.8, 4) is 11.4 Å². The van der Waals surface area contributed by atoms with Gasteiger partial charge in [-0.3, -0.25) is 9.59 Å². The van der Waals surface area contributed by atoms with E-state index in [2.05, 4.69) is 15.3 Å². The van der Waals surface area contributed by atoms with Crippen LogP contribution in [-0.4, -0.2) is 30.0 Å². The fraction of sp³-hybridized carbons (Fsp3) is 0.227. The number of anilines is 1. The zero-order valence-corrected chi connectivity index (χ0v) is 17.6. The van der Waals surface area contributed by atoms with Gasteiger partial charge in [-0.05, 0) is 37.6 Å². The van der Waals surface area contributed by atoms with E-state index in [9.17, 15) is 18.0 Å². The van der Waals surface area contributed by atoms with Crippen LogP contribution in [0.2, 0.25) is 0 Å². The Morgan fingerprint density at radius 3 is 2.53 bits per heavy atom. The van der Waals surface area contributed by atoms with Gasteiger partial charge in [-0.2, -0.15) is 0 Å². The van der Waals surface area contributed by atoms with Crippen molar-refractivity contribution in [2.75, 3.05) is 11.1 Å².